The van der Waals surface area contributed by atoms with E-state index < -0.39 is 0 Å². The van der Waals surface area contributed by atoms with Crippen LogP contribution in [-0.4, -0.2) is 0 Å². The number of rotatable bonds is 5. The minimum Gasteiger partial charge on any atom is -0.456 e. The van der Waals surface area contributed by atoms with Crippen molar-refractivity contribution in [3.63, 3.8) is 0 Å². The summed E-state index contributed by atoms with van der Waals surface area (Å²) in [6.45, 7) is 9.46. The molecule has 8 aromatic carbocycles. The summed E-state index contributed by atoms with van der Waals surface area (Å²) in [6, 6.07) is 64.6. The van der Waals surface area contributed by atoms with Gasteiger partial charge >= 0.3 is 0 Å². The largest absolute Gasteiger partial charge is 0.456 e. The van der Waals surface area contributed by atoms with Gasteiger partial charge in [0.15, 0.2) is 0 Å². The van der Waals surface area contributed by atoms with Crippen LogP contribution in [0.4, 0.5) is 17.1 Å². The summed E-state index contributed by atoms with van der Waals surface area (Å²) in [4.78, 5) is 2.49. The van der Waals surface area contributed by atoms with Gasteiger partial charge in [-0.15, -0.1) is 0 Å². The Morgan fingerprint density at radius 2 is 0.839 bits per heavy atom. The molecule has 0 aliphatic heterocycles. The van der Waals surface area contributed by atoms with E-state index in [-0.39, 0.29) is 10.8 Å². The van der Waals surface area contributed by atoms with E-state index in [1.165, 1.54) is 66.8 Å². The predicted octanol–water partition coefficient (Wildman–Crippen LogP) is 15.0. The summed E-state index contributed by atoms with van der Waals surface area (Å²) >= 11 is 0. The Hall–Kier alpha value is -6.64. The third-order valence-corrected chi connectivity index (χ3v) is 12.7. The third kappa shape index (κ3) is 4.69. The van der Waals surface area contributed by atoms with Crippen molar-refractivity contribution >= 4 is 39.0 Å². The highest BCUT2D eigenvalue weighted by Gasteiger charge is 2.38. The average Bonchev–Trinajstić information content (AvgIpc) is 3.81. The molecule has 1 heterocycles. The van der Waals surface area contributed by atoms with E-state index in [2.05, 4.69) is 196 Å². The second-order valence-corrected chi connectivity index (χ2v) is 16.5. The number of anilines is 3. The summed E-state index contributed by atoms with van der Waals surface area (Å²) in [5, 5.41) is 2.30. The van der Waals surface area contributed by atoms with Gasteiger partial charge in [0, 0.05) is 38.5 Å². The first-order valence-electron chi connectivity index (χ1n) is 19.7. The molecule has 0 fully saturated rings. The van der Waals surface area contributed by atoms with E-state index in [9.17, 15) is 0 Å². The van der Waals surface area contributed by atoms with Crippen LogP contribution in [0.1, 0.15) is 49.9 Å². The number of hydrogen-bond donors (Lipinski definition) is 0. The molecule has 1 aromatic heterocycles. The van der Waals surface area contributed by atoms with Gasteiger partial charge in [-0.25, -0.2) is 0 Å². The summed E-state index contributed by atoms with van der Waals surface area (Å²) in [6.07, 6.45) is 0. The first-order chi connectivity index (χ1) is 27.3. The van der Waals surface area contributed by atoms with Crippen molar-refractivity contribution in [1.29, 1.82) is 0 Å². The first-order valence-corrected chi connectivity index (χ1v) is 19.7. The molecule has 11 rings (SSSR count). The van der Waals surface area contributed by atoms with Crippen molar-refractivity contribution in [2.24, 2.45) is 0 Å². The van der Waals surface area contributed by atoms with Gasteiger partial charge in [-0.2, -0.15) is 0 Å². The Bertz CT molecular complexity index is 2920. The fourth-order valence-corrected chi connectivity index (χ4v) is 9.85. The number of benzene rings is 8. The maximum Gasteiger partial charge on any atom is 0.136 e. The van der Waals surface area contributed by atoms with Crippen LogP contribution in [0.25, 0.3) is 66.4 Å². The van der Waals surface area contributed by atoms with Gasteiger partial charge in [0.2, 0.25) is 0 Å². The lowest BCUT2D eigenvalue weighted by Gasteiger charge is -2.31. The van der Waals surface area contributed by atoms with Crippen LogP contribution in [0, 0.1) is 0 Å². The van der Waals surface area contributed by atoms with Gasteiger partial charge in [0.05, 0.1) is 5.69 Å². The van der Waals surface area contributed by atoms with Gasteiger partial charge in [0.25, 0.3) is 0 Å². The minimum atomic E-state index is -0.117. The van der Waals surface area contributed by atoms with E-state index in [1.807, 2.05) is 12.1 Å². The van der Waals surface area contributed by atoms with Crippen molar-refractivity contribution in [1.82, 2.24) is 0 Å². The lowest BCUT2D eigenvalue weighted by Crippen LogP contribution is -2.18. The lowest BCUT2D eigenvalue weighted by atomic mass is 9.82. The maximum absolute atomic E-state index is 6.25. The van der Waals surface area contributed by atoms with Crippen molar-refractivity contribution in [2.75, 3.05) is 4.90 Å². The molecule has 56 heavy (non-hydrogen) atoms. The molecule has 0 saturated carbocycles. The van der Waals surface area contributed by atoms with Crippen LogP contribution in [-0.2, 0) is 10.8 Å². The number of nitrogens with zero attached hydrogens (tertiary/aromatic N) is 1. The van der Waals surface area contributed by atoms with Crippen molar-refractivity contribution in [2.45, 2.75) is 38.5 Å². The molecule has 0 radical (unpaired) electrons. The quantitative estimate of drug-likeness (QED) is 0.176. The molecule has 0 N–H and O–H groups in total. The predicted molar refractivity (Wildman–Crippen MR) is 234 cm³/mol. The van der Waals surface area contributed by atoms with Gasteiger partial charge in [-0.1, -0.05) is 161 Å². The van der Waals surface area contributed by atoms with Crippen LogP contribution in [0.5, 0.6) is 0 Å². The molecule has 2 nitrogen and oxygen atoms in total. The molecule has 268 valence electrons. The molecule has 2 heteroatoms. The zero-order valence-electron chi connectivity index (χ0n) is 32.1. The van der Waals surface area contributed by atoms with Gasteiger partial charge in [-0.3, -0.25) is 0 Å². The van der Waals surface area contributed by atoms with E-state index in [4.69, 9.17) is 4.42 Å². The molecule has 0 bridgehead atoms. The number of hydrogen-bond acceptors (Lipinski definition) is 2. The van der Waals surface area contributed by atoms with Gasteiger partial charge < -0.3 is 9.32 Å². The average molecular weight is 720 g/mol. The monoisotopic (exact) mass is 719 g/mol. The molecular formula is C54H41NO. The molecule has 9 aromatic rings. The maximum atomic E-state index is 6.25. The number of furan rings is 1. The highest BCUT2D eigenvalue weighted by molar-refractivity contribution is 6.12. The summed E-state index contributed by atoms with van der Waals surface area (Å²) < 4.78 is 6.25. The fraction of sp³-hybridized carbons (Fsp3) is 0.111. The Labute approximate surface area is 328 Å². The van der Waals surface area contributed by atoms with Crippen LogP contribution in [0.15, 0.2) is 180 Å². The fourth-order valence-electron chi connectivity index (χ4n) is 9.85. The van der Waals surface area contributed by atoms with Crippen molar-refractivity contribution in [3.8, 4) is 44.5 Å². The minimum absolute atomic E-state index is 0.117. The molecule has 2 aliphatic rings. The summed E-state index contributed by atoms with van der Waals surface area (Å²) in [7, 11) is 0. The SMILES string of the molecule is CC1(C)c2ccccc2-c2ccc(N(c3ccc4c(c3)C(C)(C)c3ccccc3-4)c3ccccc3-c3ccc(-c4cccc5oc6ccccc6c45)cc3)cc21. The van der Waals surface area contributed by atoms with Gasteiger partial charge in [0.1, 0.15) is 11.2 Å². The van der Waals surface area contributed by atoms with E-state index in [1.54, 1.807) is 0 Å². The summed E-state index contributed by atoms with van der Waals surface area (Å²) in [5.41, 5.74) is 20.5. The molecular weight excluding hydrogens is 679 g/mol. The third-order valence-electron chi connectivity index (χ3n) is 12.7. The van der Waals surface area contributed by atoms with Crippen LogP contribution in [0.2, 0.25) is 0 Å². The molecule has 0 unspecified atom stereocenters. The summed E-state index contributed by atoms with van der Waals surface area (Å²) in [5.74, 6) is 0. The zero-order chi connectivity index (χ0) is 37.8. The normalized spacial score (nSPS) is 14.4. The highest BCUT2D eigenvalue weighted by Crippen LogP contribution is 2.54. The van der Waals surface area contributed by atoms with Gasteiger partial charge in [-0.05, 0) is 104 Å². The van der Waals surface area contributed by atoms with E-state index >= 15 is 0 Å². The smallest absolute Gasteiger partial charge is 0.136 e. The van der Waals surface area contributed by atoms with Crippen LogP contribution in [0.3, 0.4) is 0 Å². The molecule has 0 saturated heterocycles. The second kappa shape index (κ2) is 11.9. The Balaban J connectivity index is 1.08. The number of para-hydroxylation sites is 2. The molecule has 0 spiro atoms. The molecule has 2 aliphatic carbocycles. The van der Waals surface area contributed by atoms with Crippen LogP contribution >= 0.6 is 0 Å². The van der Waals surface area contributed by atoms with Crippen molar-refractivity contribution < 1.29 is 4.42 Å². The Morgan fingerprint density at radius 3 is 1.46 bits per heavy atom. The zero-order valence-corrected chi connectivity index (χ0v) is 32.1. The van der Waals surface area contributed by atoms with Crippen molar-refractivity contribution in [3.05, 3.63) is 198 Å². The van der Waals surface area contributed by atoms with Crippen LogP contribution < -0.4 is 4.90 Å². The number of fused-ring (bicyclic) bond motifs is 9. The molecule has 0 amide bonds. The van der Waals surface area contributed by atoms with E-state index in [0.29, 0.717) is 0 Å². The Kier molecular flexibility index (Phi) is 6.98. The highest BCUT2D eigenvalue weighted by atomic mass is 16.3. The Morgan fingerprint density at radius 1 is 0.375 bits per heavy atom. The lowest BCUT2D eigenvalue weighted by molar-refractivity contribution is 0.660. The second-order valence-electron chi connectivity index (χ2n) is 16.5. The van der Waals surface area contributed by atoms with E-state index in [0.717, 1.165) is 39.0 Å². The topological polar surface area (TPSA) is 16.4 Å². The standard InChI is InChI=1S/C54H41NO/c1-53(2)45-19-9-5-15-40(45)42-30-28-36(32-47(42)53)55(37-29-31-43-41-16-6-10-20-46(41)54(3,4)48(43)33-37)49-21-11-7-14-38(49)34-24-26-35(27-25-34)39-18-13-23-51-52(39)44-17-8-12-22-50(44)56-51/h5-33H,1-4H3. The molecule has 0 atom stereocenters. The first kappa shape index (κ1) is 32.8.